The van der Waals surface area contributed by atoms with Gasteiger partial charge >= 0.3 is 0 Å². The van der Waals surface area contributed by atoms with Gasteiger partial charge in [0.15, 0.2) is 0 Å². The van der Waals surface area contributed by atoms with Crippen LogP contribution in [0.2, 0.25) is 0 Å². The number of halogens is 2. The zero-order valence-corrected chi connectivity index (χ0v) is 20.5. The van der Waals surface area contributed by atoms with E-state index in [-0.39, 0.29) is 22.6 Å². The van der Waals surface area contributed by atoms with Crippen LogP contribution in [0.15, 0.2) is 48.8 Å². The van der Waals surface area contributed by atoms with Gasteiger partial charge in [-0.25, -0.2) is 23.4 Å². The van der Waals surface area contributed by atoms with Crippen molar-refractivity contribution >= 4 is 0 Å². The normalized spacial score (nSPS) is 22.1. The average Bonchev–Trinajstić information content (AvgIpc) is 3.48. The standard InChI is InChI=1S/C27H26F2N6O/c1-25(2)16-8-11-27(25,21-9-12-30-24(31-21)35-13-10-20(34-35)26(3,4)36)23-15(16)14-19(32-33-23)22-17(28)6-5-7-18(22)29/h5-7,9-10,12-14,16,36H,8,11H2,1-4H3/t16-,27+/m0/s1. The molecule has 2 atom stereocenters. The van der Waals surface area contributed by atoms with E-state index in [1.54, 1.807) is 43.1 Å². The van der Waals surface area contributed by atoms with Gasteiger partial charge in [0.2, 0.25) is 0 Å². The smallest absolute Gasteiger partial charge is 0.250 e. The van der Waals surface area contributed by atoms with Crippen LogP contribution in [-0.2, 0) is 11.0 Å². The molecule has 0 amide bonds. The summed E-state index contributed by atoms with van der Waals surface area (Å²) in [6, 6.07) is 9.23. The van der Waals surface area contributed by atoms with E-state index in [1.807, 2.05) is 6.07 Å². The molecule has 1 N–H and O–H groups in total. The second-order valence-corrected chi connectivity index (χ2v) is 10.8. The Morgan fingerprint density at radius 3 is 2.53 bits per heavy atom. The number of benzene rings is 1. The molecule has 6 rings (SSSR count). The van der Waals surface area contributed by atoms with Gasteiger partial charge in [0.25, 0.3) is 5.95 Å². The number of hydrogen-bond donors (Lipinski definition) is 1. The minimum absolute atomic E-state index is 0.140. The van der Waals surface area contributed by atoms with E-state index in [9.17, 15) is 13.9 Å². The highest BCUT2D eigenvalue weighted by Gasteiger charge is 2.65. The Balaban J connectivity index is 1.48. The lowest BCUT2D eigenvalue weighted by atomic mass is 9.66. The Morgan fingerprint density at radius 2 is 1.83 bits per heavy atom. The molecule has 0 unspecified atom stereocenters. The second kappa shape index (κ2) is 7.46. The monoisotopic (exact) mass is 488 g/mol. The number of rotatable bonds is 4. The van der Waals surface area contributed by atoms with Crippen LogP contribution in [-0.4, -0.2) is 35.1 Å². The van der Waals surface area contributed by atoms with Crippen LogP contribution in [0, 0.1) is 17.0 Å². The van der Waals surface area contributed by atoms with Crippen molar-refractivity contribution < 1.29 is 13.9 Å². The minimum atomic E-state index is -1.09. The van der Waals surface area contributed by atoms with Crippen molar-refractivity contribution in [2.75, 3.05) is 0 Å². The number of fused-ring (bicyclic) bond motifs is 5. The second-order valence-electron chi connectivity index (χ2n) is 10.8. The molecule has 1 saturated carbocycles. The van der Waals surface area contributed by atoms with Crippen LogP contribution < -0.4 is 0 Å². The molecule has 3 heterocycles. The summed E-state index contributed by atoms with van der Waals surface area (Å²) < 4.78 is 30.6. The van der Waals surface area contributed by atoms with Gasteiger partial charge < -0.3 is 5.11 Å². The molecule has 1 fully saturated rings. The predicted molar refractivity (Wildman–Crippen MR) is 128 cm³/mol. The molecule has 3 aromatic heterocycles. The van der Waals surface area contributed by atoms with Gasteiger partial charge in [-0.15, -0.1) is 5.10 Å². The zero-order valence-electron chi connectivity index (χ0n) is 20.5. The van der Waals surface area contributed by atoms with E-state index < -0.39 is 22.7 Å². The topological polar surface area (TPSA) is 89.6 Å². The molecule has 184 valence electrons. The van der Waals surface area contributed by atoms with Crippen LogP contribution in [0.1, 0.15) is 69.1 Å². The first-order valence-corrected chi connectivity index (χ1v) is 12.0. The molecule has 7 nitrogen and oxygen atoms in total. The Kier molecular flexibility index (Phi) is 4.73. The van der Waals surface area contributed by atoms with E-state index >= 15 is 0 Å². The van der Waals surface area contributed by atoms with Gasteiger partial charge in [-0.1, -0.05) is 19.9 Å². The number of aromatic nitrogens is 6. The van der Waals surface area contributed by atoms with Crippen molar-refractivity contribution in [3.8, 4) is 17.2 Å². The summed E-state index contributed by atoms with van der Waals surface area (Å²) in [5.74, 6) is -0.789. The highest BCUT2D eigenvalue weighted by molar-refractivity contribution is 5.64. The van der Waals surface area contributed by atoms with Crippen LogP contribution >= 0.6 is 0 Å². The third-order valence-corrected chi connectivity index (χ3v) is 8.10. The van der Waals surface area contributed by atoms with E-state index in [2.05, 4.69) is 34.1 Å². The summed E-state index contributed by atoms with van der Waals surface area (Å²) in [5.41, 5.74) is 1.24. The predicted octanol–water partition coefficient (Wildman–Crippen LogP) is 4.83. The summed E-state index contributed by atoms with van der Waals surface area (Å²) in [4.78, 5) is 9.33. The first kappa shape index (κ1) is 22.8. The molecule has 9 heteroatoms. The van der Waals surface area contributed by atoms with Crippen LogP contribution in [0.4, 0.5) is 8.78 Å². The van der Waals surface area contributed by atoms with Gasteiger partial charge in [0, 0.05) is 12.4 Å². The van der Waals surface area contributed by atoms with Gasteiger partial charge in [0.1, 0.15) is 17.2 Å². The fraction of sp³-hybridized carbons (Fsp3) is 0.370. The maximum absolute atomic E-state index is 14.5. The maximum Gasteiger partial charge on any atom is 0.250 e. The van der Waals surface area contributed by atoms with Crippen molar-refractivity contribution in [3.63, 3.8) is 0 Å². The minimum Gasteiger partial charge on any atom is -0.384 e. The lowest BCUT2D eigenvalue weighted by Crippen LogP contribution is -2.38. The van der Waals surface area contributed by atoms with Crippen molar-refractivity contribution in [1.82, 2.24) is 29.9 Å². The van der Waals surface area contributed by atoms with Crippen LogP contribution in [0.5, 0.6) is 0 Å². The maximum atomic E-state index is 14.5. The van der Waals surface area contributed by atoms with E-state index in [4.69, 9.17) is 4.98 Å². The summed E-state index contributed by atoms with van der Waals surface area (Å²) >= 11 is 0. The number of nitrogens with zero attached hydrogens (tertiary/aromatic N) is 6. The molecule has 0 aliphatic heterocycles. The lowest BCUT2D eigenvalue weighted by molar-refractivity contribution is 0.0734. The van der Waals surface area contributed by atoms with Gasteiger partial charge in [-0.2, -0.15) is 10.2 Å². The van der Waals surface area contributed by atoms with Crippen LogP contribution in [0.3, 0.4) is 0 Å². The SMILES string of the molecule is CC(C)(O)c1ccn(-c2nccc([C@]34CC[C@@H](c5cc(-c6c(F)cccc6F)nnc53)C4(C)C)n2)n1. The van der Waals surface area contributed by atoms with E-state index in [0.717, 1.165) is 29.8 Å². The highest BCUT2D eigenvalue weighted by Crippen LogP contribution is 2.69. The van der Waals surface area contributed by atoms with Crippen molar-refractivity contribution in [1.29, 1.82) is 0 Å². The Morgan fingerprint density at radius 1 is 1.08 bits per heavy atom. The highest BCUT2D eigenvalue weighted by atomic mass is 19.1. The summed E-state index contributed by atoms with van der Waals surface area (Å²) in [5, 5.41) is 23.6. The van der Waals surface area contributed by atoms with Crippen molar-refractivity contribution in [2.24, 2.45) is 5.41 Å². The molecule has 2 aliphatic rings. The van der Waals surface area contributed by atoms with Gasteiger partial charge in [0.05, 0.1) is 33.8 Å². The van der Waals surface area contributed by atoms with Crippen molar-refractivity contribution in [2.45, 2.75) is 57.5 Å². The quantitative estimate of drug-likeness (QED) is 0.443. The first-order valence-electron chi connectivity index (χ1n) is 12.0. The Labute approximate surface area is 207 Å². The fourth-order valence-electron chi connectivity index (χ4n) is 6.21. The fourth-order valence-corrected chi connectivity index (χ4v) is 6.21. The molecule has 1 aromatic carbocycles. The molecule has 0 spiro atoms. The zero-order chi connectivity index (χ0) is 25.5. The van der Waals surface area contributed by atoms with Crippen molar-refractivity contribution in [3.05, 3.63) is 83.1 Å². The molecule has 0 saturated heterocycles. The van der Waals surface area contributed by atoms with Crippen LogP contribution in [0.25, 0.3) is 17.2 Å². The molecule has 36 heavy (non-hydrogen) atoms. The Bertz CT molecular complexity index is 1490. The first-order chi connectivity index (χ1) is 17.0. The summed E-state index contributed by atoms with van der Waals surface area (Å²) in [6.45, 7) is 7.73. The number of hydrogen-bond acceptors (Lipinski definition) is 6. The summed E-state index contributed by atoms with van der Waals surface area (Å²) in [7, 11) is 0. The number of aliphatic hydroxyl groups is 1. The average molecular weight is 489 g/mol. The third-order valence-electron chi connectivity index (χ3n) is 8.10. The van der Waals surface area contributed by atoms with E-state index in [0.29, 0.717) is 11.6 Å². The molecular weight excluding hydrogens is 462 g/mol. The third kappa shape index (κ3) is 3.01. The Hall–Kier alpha value is -3.59. The van der Waals surface area contributed by atoms with Gasteiger partial charge in [-0.05, 0) is 73.9 Å². The lowest BCUT2D eigenvalue weighted by Gasteiger charge is -2.37. The molecule has 2 bridgehead atoms. The molecule has 0 radical (unpaired) electrons. The summed E-state index contributed by atoms with van der Waals surface area (Å²) in [6.07, 6.45) is 5.15. The molecular formula is C27H26F2N6O. The molecule has 4 aromatic rings. The van der Waals surface area contributed by atoms with Gasteiger partial charge in [-0.3, -0.25) is 0 Å². The van der Waals surface area contributed by atoms with E-state index in [1.165, 1.54) is 18.2 Å². The molecule has 2 aliphatic carbocycles. The largest absolute Gasteiger partial charge is 0.384 e.